The normalized spacial score (nSPS) is 23.4. The van der Waals surface area contributed by atoms with Crippen LogP contribution in [0.25, 0.3) is 0 Å². The molecule has 0 bridgehead atoms. The Kier molecular flexibility index (Phi) is 2.69. The molecule has 2 heterocycles. The first kappa shape index (κ1) is 9.21. The summed E-state index contributed by atoms with van der Waals surface area (Å²) in [6.45, 7) is 2.90. The Balaban J connectivity index is 2.14. The zero-order valence-corrected chi connectivity index (χ0v) is 9.25. The number of nitrogens with zero attached hydrogens (tertiary/aromatic N) is 2. The van der Waals surface area contributed by atoms with Crippen LogP contribution in [0.1, 0.15) is 31.1 Å². The number of hydrogen-bond donors (Lipinski definition) is 0. The van der Waals surface area contributed by atoms with Gasteiger partial charge in [0.2, 0.25) is 0 Å². The monoisotopic (exact) mass is 244 g/mol. The fourth-order valence-electron chi connectivity index (χ4n) is 1.54. The highest BCUT2D eigenvalue weighted by molar-refractivity contribution is 9.10. The third-order valence-electron chi connectivity index (χ3n) is 2.31. The smallest absolute Gasteiger partial charge is 0.150 e. The van der Waals surface area contributed by atoms with Gasteiger partial charge in [0.05, 0.1) is 0 Å². The number of halogens is 1. The van der Waals surface area contributed by atoms with Gasteiger partial charge >= 0.3 is 0 Å². The number of hydrogen-bond acceptors (Lipinski definition) is 2. The Bertz CT molecular complexity index is 272. The maximum Gasteiger partial charge on any atom is 0.150 e. The molecule has 1 atom stereocenters. The lowest BCUT2D eigenvalue weighted by molar-refractivity contribution is -0.0396. The highest BCUT2D eigenvalue weighted by atomic mass is 79.9. The van der Waals surface area contributed by atoms with Crippen molar-refractivity contribution in [1.29, 1.82) is 0 Å². The van der Waals surface area contributed by atoms with Gasteiger partial charge in [-0.15, -0.1) is 0 Å². The molecule has 0 amide bonds. The summed E-state index contributed by atoms with van der Waals surface area (Å²) in [5.74, 6) is 0. The van der Waals surface area contributed by atoms with Gasteiger partial charge in [-0.1, -0.05) is 0 Å². The quantitative estimate of drug-likeness (QED) is 0.760. The largest absolute Gasteiger partial charge is 0.357 e. The van der Waals surface area contributed by atoms with Gasteiger partial charge < -0.3 is 4.74 Å². The minimum absolute atomic E-state index is 0.152. The molecule has 1 fully saturated rings. The lowest BCUT2D eigenvalue weighted by Crippen LogP contribution is -2.18. The first-order chi connectivity index (χ1) is 6.27. The Morgan fingerprint density at radius 1 is 1.62 bits per heavy atom. The number of aromatic nitrogens is 2. The second-order valence-corrected chi connectivity index (χ2v) is 4.16. The summed E-state index contributed by atoms with van der Waals surface area (Å²) >= 11 is 3.40. The van der Waals surface area contributed by atoms with Crippen LogP contribution in [-0.2, 0) is 4.74 Å². The fourth-order valence-corrected chi connectivity index (χ4v) is 1.83. The zero-order chi connectivity index (χ0) is 9.26. The van der Waals surface area contributed by atoms with Crippen LogP contribution in [0.2, 0.25) is 0 Å². The van der Waals surface area contributed by atoms with Crippen LogP contribution in [0.5, 0.6) is 0 Å². The second-order valence-electron chi connectivity index (χ2n) is 3.40. The first-order valence-corrected chi connectivity index (χ1v) is 5.39. The van der Waals surface area contributed by atoms with E-state index in [-0.39, 0.29) is 6.23 Å². The molecule has 0 aliphatic carbocycles. The molecule has 1 aromatic heterocycles. The van der Waals surface area contributed by atoms with E-state index in [2.05, 4.69) is 21.0 Å². The average molecular weight is 245 g/mol. The van der Waals surface area contributed by atoms with Crippen molar-refractivity contribution in [1.82, 2.24) is 9.78 Å². The van der Waals surface area contributed by atoms with E-state index in [4.69, 9.17) is 4.74 Å². The van der Waals surface area contributed by atoms with Crippen LogP contribution < -0.4 is 0 Å². The second kappa shape index (κ2) is 3.80. The van der Waals surface area contributed by atoms with Gasteiger partial charge in [-0.2, -0.15) is 5.10 Å². The third-order valence-corrected chi connectivity index (χ3v) is 3.09. The van der Waals surface area contributed by atoms with Crippen molar-refractivity contribution in [2.45, 2.75) is 32.4 Å². The Morgan fingerprint density at radius 3 is 3.00 bits per heavy atom. The molecule has 1 aromatic rings. The molecule has 4 heteroatoms. The number of aryl methyl sites for hydroxylation is 1. The van der Waals surface area contributed by atoms with Crippen molar-refractivity contribution >= 4 is 15.9 Å². The predicted molar refractivity (Wildman–Crippen MR) is 53.5 cm³/mol. The van der Waals surface area contributed by atoms with Crippen LogP contribution in [-0.4, -0.2) is 16.4 Å². The molecule has 0 spiro atoms. The molecule has 13 heavy (non-hydrogen) atoms. The Hall–Kier alpha value is -0.350. The van der Waals surface area contributed by atoms with Crippen molar-refractivity contribution in [3.05, 3.63) is 16.4 Å². The van der Waals surface area contributed by atoms with Gasteiger partial charge in [-0.3, -0.25) is 0 Å². The van der Waals surface area contributed by atoms with Gasteiger partial charge in [0.1, 0.15) is 10.8 Å². The van der Waals surface area contributed by atoms with Crippen molar-refractivity contribution in [2.24, 2.45) is 0 Å². The molecule has 1 saturated heterocycles. The van der Waals surface area contributed by atoms with Crippen molar-refractivity contribution in [3.8, 4) is 0 Å². The maximum absolute atomic E-state index is 5.61. The molecule has 0 saturated carbocycles. The lowest BCUT2D eigenvalue weighted by Gasteiger charge is -2.22. The molecular weight excluding hydrogens is 232 g/mol. The van der Waals surface area contributed by atoms with E-state index in [0.29, 0.717) is 0 Å². The van der Waals surface area contributed by atoms with E-state index in [1.54, 1.807) is 0 Å². The van der Waals surface area contributed by atoms with E-state index >= 15 is 0 Å². The summed E-state index contributed by atoms with van der Waals surface area (Å²) in [6, 6.07) is 0. The minimum Gasteiger partial charge on any atom is -0.357 e. The molecule has 0 radical (unpaired) electrons. The van der Waals surface area contributed by atoms with Gasteiger partial charge in [-0.05, 0) is 42.1 Å². The highest BCUT2D eigenvalue weighted by Crippen LogP contribution is 2.24. The Labute approximate surface area is 86.2 Å². The summed E-state index contributed by atoms with van der Waals surface area (Å²) in [5, 5.41) is 4.34. The van der Waals surface area contributed by atoms with Crippen LogP contribution in [0.15, 0.2) is 10.8 Å². The predicted octanol–water partition coefficient (Wildman–Crippen LogP) is 2.65. The summed E-state index contributed by atoms with van der Waals surface area (Å²) in [4.78, 5) is 0. The van der Waals surface area contributed by atoms with E-state index in [1.807, 2.05) is 17.8 Å². The Morgan fingerprint density at radius 2 is 2.46 bits per heavy atom. The van der Waals surface area contributed by atoms with Crippen LogP contribution in [0, 0.1) is 6.92 Å². The van der Waals surface area contributed by atoms with E-state index in [1.165, 1.54) is 12.8 Å². The summed E-state index contributed by atoms with van der Waals surface area (Å²) in [7, 11) is 0. The topological polar surface area (TPSA) is 27.1 Å². The molecular formula is C9H13BrN2O. The van der Waals surface area contributed by atoms with Gasteiger partial charge in [0.25, 0.3) is 0 Å². The SMILES string of the molecule is Cc1cn(C2CCCCO2)nc1Br. The first-order valence-electron chi connectivity index (χ1n) is 4.60. The lowest BCUT2D eigenvalue weighted by atomic mass is 10.2. The molecule has 1 aliphatic heterocycles. The highest BCUT2D eigenvalue weighted by Gasteiger charge is 2.16. The molecule has 2 rings (SSSR count). The standard InChI is InChI=1S/C9H13BrN2O/c1-7-6-12(11-9(7)10)8-4-2-3-5-13-8/h6,8H,2-5H2,1H3. The zero-order valence-electron chi connectivity index (χ0n) is 7.66. The van der Waals surface area contributed by atoms with Gasteiger partial charge in [-0.25, -0.2) is 4.68 Å². The number of rotatable bonds is 1. The van der Waals surface area contributed by atoms with E-state index < -0.39 is 0 Å². The van der Waals surface area contributed by atoms with Crippen LogP contribution in [0.3, 0.4) is 0 Å². The molecule has 1 unspecified atom stereocenters. The van der Waals surface area contributed by atoms with E-state index in [0.717, 1.165) is 23.2 Å². The van der Waals surface area contributed by atoms with Crippen molar-refractivity contribution in [2.75, 3.05) is 6.61 Å². The van der Waals surface area contributed by atoms with Crippen molar-refractivity contribution < 1.29 is 4.74 Å². The summed E-state index contributed by atoms with van der Waals surface area (Å²) in [5.41, 5.74) is 1.16. The minimum atomic E-state index is 0.152. The van der Waals surface area contributed by atoms with Crippen LogP contribution in [0.4, 0.5) is 0 Å². The average Bonchev–Trinajstić information content (AvgIpc) is 2.49. The molecule has 72 valence electrons. The van der Waals surface area contributed by atoms with Crippen LogP contribution >= 0.6 is 15.9 Å². The van der Waals surface area contributed by atoms with Gasteiger partial charge in [0.15, 0.2) is 0 Å². The molecule has 0 aromatic carbocycles. The van der Waals surface area contributed by atoms with Crippen molar-refractivity contribution in [3.63, 3.8) is 0 Å². The maximum atomic E-state index is 5.61. The van der Waals surface area contributed by atoms with Gasteiger partial charge in [0, 0.05) is 18.4 Å². The molecule has 3 nitrogen and oxygen atoms in total. The summed E-state index contributed by atoms with van der Waals surface area (Å²) < 4.78 is 8.45. The fraction of sp³-hybridized carbons (Fsp3) is 0.667. The molecule has 0 N–H and O–H groups in total. The summed E-state index contributed by atoms with van der Waals surface area (Å²) in [6.07, 6.45) is 5.67. The molecule has 1 aliphatic rings. The van der Waals surface area contributed by atoms with E-state index in [9.17, 15) is 0 Å². The third kappa shape index (κ3) is 1.94. The number of ether oxygens (including phenoxy) is 1.